The van der Waals surface area contributed by atoms with E-state index in [0.29, 0.717) is 16.1 Å². The van der Waals surface area contributed by atoms with E-state index >= 15 is 0 Å². The largest absolute Gasteiger partial charge is 0.380 e. The van der Waals surface area contributed by atoms with Gasteiger partial charge in [-0.2, -0.15) is 0 Å². The van der Waals surface area contributed by atoms with E-state index in [1.54, 1.807) is 6.07 Å². The molecule has 2 nitrogen and oxygen atoms in total. The first-order chi connectivity index (χ1) is 7.16. The van der Waals surface area contributed by atoms with E-state index in [-0.39, 0.29) is 6.04 Å². The lowest BCUT2D eigenvalue weighted by Crippen LogP contribution is -2.35. The zero-order valence-electron chi connectivity index (χ0n) is 8.34. The second-order valence-electron chi connectivity index (χ2n) is 3.97. The fourth-order valence-corrected chi connectivity index (χ4v) is 2.44. The molecular weight excluding hydrogens is 231 g/mol. The summed E-state index contributed by atoms with van der Waals surface area (Å²) in [4.78, 5) is 0. The highest BCUT2D eigenvalue weighted by atomic mass is 35.5. The fourth-order valence-electron chi connectivity index (χ4n) is 1.97. The maximum Gasteiger partial charge on any atom is 0.0652 e. The molecule has 1 fully saturated rings. The summed E-state index contributed by atoms with van der Waals surface area (Å²) in [5, 5.41) is 4.68. The number of hydrogen-bond acceptors (Lipinski definition) is 2. The van der Waals surface area contributed by atoms with Crippen molar-refractivity contribution in [3.05, 3.63) is 28.2 Å². The first kappa shape index (κ1) is 11.1. The lowest BCUT2D eigenvalue weighted by Gasteiger charge is -2.19. The second kappa shape index (κ2) is 4.60. The zero-order chi connectivity index (χ0) is 10.8. The normalized spacial score (nSPS) is 25.5. The summed E-state index contributed by atoms with van der Waals surface area (Å²) in [5.74, 6) is 0. The SMILES string of the molecule is NC1CCCC1Nc1ccc(Cl)cc1Cl. The molecule has 0 heterocycles. The molecule has 3 N–H and O–H groups in total. The summed E-state index contributed by atoms with van der Waals surface area (Å²) >= 11 is 11.9. The highest BCUT2D eigenvalue weighted by Gasteiger charge is 2.23. The van der Waals surface area contributed by atoms with Crippen LogP contribution >= 0.6 is 23.2 Å². The number of benzene rings is 1. The Morgan fingerprint density at radius 1 is 1.27 bits per heavy atom. The van der Waals surface area contributed by atoms with Gasteiger partial charge in [0.2, 0.25) is 0 Å². The molecule has 0 bridgehead atoms. The maximum absolute atomic E-state index is 6.07. The van der Waals surface area contributed by atoms with Crippen molar-refractivity contribution in [3.8, 4) is 0 Å². The van der Waals surface area contributed by atoms with Gasteiger partial charge in [-0.05, 0) is 37.5 Å². The first-order valence-corrected chi connectivity index (χ1v) is 5.89. The summed E-state index contributed by atoms with van der Waals surface area (Å²) in [5.41, 5.74) is 6.89. The van der Waals surface area contributed by atoms with Gasteiger partial charge in [0.1, 0.15) is 0 Å². The Balaban J connectivity index is 2.10. The summed E-state index contributed by atoms with van der Waals surface area (Å²) in [6, 6.07) is 6.04. The van der Waals surface area contributed by atoms with Gasteiger partial charge in [-0.1, -0.05) is 23.2 Å². The molecule has 1 aliphatic rings. The molecule has 82 valence electrons. The second-order valence-corrected chi connectivity index (χ2v) is 4.81. The third-order valence-electron chi connectivity index (χ3n) is 2.84. The van der Waals surface area contributed by atoms with Gasteiger partial charge >= 0.3 is 0 Å². The molecule has 0 radical (unpaired) electrons. The minimum Gasteiger partial charge on any atom is -0.380 e. The predicted octanol–water partition coefficient (Wildman–Crippen LogP) is 3.29. The molecule has 1 aromatic rings. The minimum atomic E-state index is 0.233. The van der Waals surface area contributed by atoms with Crippen molar-refractivity contribution in [3.63, 3.8) is 0 Å². The first-order valence-electron chi connectivity index (χ1n) is 5.14. The summed E-state index contributed by atoms with van der Waals surface area (Å²) < 4.78 is 0. The Morgan fingerprint density at radius 2 is 2.07 bits per heavy atom. The van der Waals surface area contributed by atoms with Crippen LogP contribution in [0.4, 0.5) is 5.69 Å². The van der Waals surface area contributed by atoms with E-state index in [1.807, 2.05) is 12.1 Å². The minimum absolute atomic E-state index is 0.233. The molecule has 0 saturated heterocycles. The molecule has 0 amide bonds. The highest BCUT2D eigenvalue weighted by molar-refractivity contribution is 6.36. The van der Waals surface area contributed by atoms with Crippen molar-refractivity contribution in [2.45, 2.75) is 31.3 Å². The Hall–Kier alpha value is -0.440. The summed E-state index contributed by atoms with van der Waals surface area (Å²) in [6.07, 6.45) is 3.38. The average molecular weight is 245 g/mol. The van der Waals surface area contributed by atoms with Crippen molar-refractivity contribution in [1.82, 2.24) is 0 Å². The summed E-state index contributed by atoms with van der Waals surface area (Å²) in [7, 11) is 0. The highest BCUT2D eigenvalue weighted by Crippen LogP contribution is 2.28. The van der Waals surface area contributed by atoms with Gasteiger partial charge in [0.15, 0.2) is 0 Å². The molecule has 0 aliphatic heterocycles. The van der Waals surface area contributed by atoms with Crippen molar-refractivity contribution in [2.75, 3.05) is 5.32 Å². The van der Waals surface area contributed by atoms with Crippen LogP contribution in [0, 0.1) is 0 Å². The van der Waals surface area contributed by atoms with Crippen molar-refractivity contribution in [1.29, 1.82) is 0 Å². The third kappa shape index (κ3) is 2.57. The Morgan fingerprint density at radius 3 is 2.67 bits per heavy atom. The van der Waals surface area contributed by atoms with E-state index in [1.165, 1.54) is 6.42 Å². The Kier molecular flexibility index (Phi) is 3.39. The van der Waals surface area contributed by atoms with Crippen LogP contribution in [0.2, 0.25) is 10.0 Å². The van der Waals surface area contributed by atoms with Gasteiger partial charge in [-0.25, -0.2) is 0 Å². The van der Waals surface area contributed by atoms with Crippen LogP contribution in [0.25, 0.3) is 0 Å². The lowest BCUT2D eigenvalue weighted by molar-refractivity contribution is 0.638. The quantitative estimate of drug-likeness (QED) is 0.839. The molecule has 2 rings (SSSR count). The zero-order valence-corrected chi connectivity index (χ0v) is 9.85. The van der Waals surface area contributed by atoms with Crippen LogP contribution < -0.4 is 11.1 Å². The standard InChI is InChI=1S/C11H14Cl2N2/c12-7-4-5-10(8(13)6-7)15-11-3-1-2-9(11)14/h4-6,9,11,15H,1-3,14H2. The number of rotatable bonds is 2. The monoisotopic (exact) mass is 244 g/mol. The molecule has 2 atom stereocenters. The van der Waals surface area contributed by atoms with Crippen LogP contribution in [-0.4, -0.2) is 12.1 Å². The number of halogens is 2. The Labute approximate surface area is 99.7 Å². The molecule has 1 saturated carbocycles. The molecule has 1 aromatic carbocycles. The molecule has 15 heavy (non-hydrogen) atoms. The Bertz CT molecular complexity index is 354. The van der Waals surface area contributed by atoms with Gasteiger partial charge < -0.3 is 11.1 Å². The van der Waals surface area contributed by atoms with Crippen molar-refractivity contribution < 1.29 is 0 Å². The van der Waals surface area contributed by atoms with Gasteiger partial charge in [-0.15, -0.1) is 0 Å². The van der Waals surface area contributed by atoms with E-state index in [9.17, 15) is 0 Å². The summed E-state index contributed by atoms with van der Waals surface area (Å²) in [6.45, 7) is 0. The van der Waals surface area contributed by atoms with Gasteiger partial charge in [0.05, 0.1) is 10.7 Å². The molecule has 0 spiro atoms. The van der Waals surface area contributed by atoms with Crippen LogP contribution in [0.15, 0.2) is 18.2 Å². The van der Waals surface area contributed by atoms with Gasteiger partial charge in [0, 0.05) is 17.1 Å². The smallest absolute Gasteiger partial charge is 0.0652 e. The number of nitrogens with two attached hydrogens (primary N) is 1. The predicted molar refractivity (Wildman–Crippen MR) is 65.7 cm³/mol. The van der Waals surface area contributed by atoms with Crippen LogP contribution in [0.1, 0.15) is 19.3 Å². The van der Waals surface area contributed by atoms with E-state index < -0.39 is 0 Å². The molecule has 4 heteroatoms. The average Bonchev–Trinajstić information content (AvgIpc) is 2.57. The molecule has 2 unspecified atom stereocenters. The van der Waals surface area contributed by atoms with Crippen LogP contribution in [-0.2, 0) is 0 Å². The van der Waals surface area contributed by atoms with Crippen LogP contribution in [0.3, 0.4) is 0 Å². The van der Waals surface area contributed by atoms with E-state index in [4.69, 9.17) is 28.9 Å². The fraction of sp³-hybridized carbons (Fsp3) is 0.455. The topological polar surface area (TPSA) is 38.0 Å². The van der Waals surface area contributed by atoms with E-state index in [0.717, 1.165) is 18.5 Å². The maximum atomic E-state index is 6.07. The van der Waals surface area contributed by atoms with Crippen LogP contribution in [0.5, 0.6) is 0 Å². The van der Waals surface area contributed by atoms with Gasteiger partial charge in [-0.3, -0.25) is 0 Å². The number of hydrogen-bond donors (Lipinski definition) is 2. The third-order valence-corrected chi connectivity index (χ3v) is 3.39. The van der Waals surface area contributed by atoms with Crippen molar-refractivity contribution >= 4 is 28.9 Å². The number of anilines is 1. The lowest BCUT2D eigenvalue weighted by atomic mass is 10.2. The molecule has 1 aliphatic carbocycles. The molecular formula is C11H14Cl2N2. The van der Waals surface area contributed by atoms with Gasteiger partial charge in [0.25, 0.3) is 0 Å². The molecule has 0 aromatic heterocycles. The van der Waals surface area contributed by atoms with E-state index in [2.05, 4.69) is 5.32 Å². The van der Waals surface area contributed by atoms with Crippen molar-refractivity contribution in [2.24, 2.45) is 5.73 Å². The number of nitrogens with one attached hydrogen (secondary N) is 1.